The van der Waals surface area contributed by atoms with Crippen molar-refractivity contribution >= 4 is 37.0 Å². The lowest BCUT2D eigenvalue weighted by atomic mass is 10.1. The molecule has 24 heavy (non-hydrogen) atoms. The van der Waals surface area contributed by atoms with Crippen molar-refractivity contribution in [2.45, 2.75) is 25.8 Å². The van der Waals surface area contributed by atoms with Gasteiger partial charge >= 0.3 is 5.97 Å². The average Bonchev–Trinajstić information content (AvgIpc) is 2.51. The van der Waals surface area contributed by atoms with Crippen molar-refractivity contribution in [1.29, 1.82) is 0 Å². The molecule has 0 heterocycles. The van der Waals surface area contributed by atoms with Crippen LogP contribution in [0.4, 0.5) is 5.69 Å². The fraction of sp³-hybridized carbons (Fsp3) is 0.467. The maximum atomic E-state index is 11.9. The van der Waals surface area contributed by atoms with Gasteiger partial charge in [0.1, 0.15) is 6.04 Å². The van der Waals surface area contributed by atoms with E-state index < -0.39 is 22.0 Å². The van der Waals surface area contributed by atoms with E-state index in [2.05, 4.69) is 9.39 Å². The molecule has 2 atom stereocenters. The number of esters is 1. The van der Waals surface area contributed by atoms with Crippen LogP contribution < -0.4 is 4.31 Å². The summed E-state index contributed by atoms with van der Waals surface area (Å²) in [5.74, 6) is -0.863. The van der Waals surface area contributed by atoms with Gasteiger partial charge < -0.3 is 4.74 Å². The lowest BCUT2D eigenvalue weighted by molar-refractivity contribution is -0.144. The third-order valence-electron chi connectivity index (χ3n) is 3.43. The monoisotopic (exact) mass is 374 g/mol. The minimum atomic E-state index is -3.70. The van der Waals surface area contributed by atoms with Crippen molar-refractivity contribution in [2.75, 3.05) is 24.7 Å². The number of amides is 1. The first kappa shape index (κ1) is 20.5. The largest absolute Gasteiger partial charge is 0.468 e. The number of hydrogen-bond donors (Lipinski definition) is 0. The predicted molar refractivity (Wildman–Crippen MR) is 96.0 cm³/mol. The molecule has 0 aliphatic heterocycles. The number of benzene rings is 1. The number of anilines is 1. The highest BCUT2D eigenvalue weighted by Gasteiger charge is 2.25. The molecule has 0 bridgehead atoms. The number of carbonyl (C=O) groups excluding carboxylic acids is 2. The van der Waals surface area contributed by atoms with Gasteiger partial charge in [-0.25, -0.2) is 12.7 Å². The fourth-order valence-electron chi connectivity index (χ4n) is 2.18. The van der Waals surface area contributed by atoms with Gasteiger partial charge in [0.25, 0.3) is 0 Å². The summed E-state index contributed by atoms with van der Waals surface area (Å²) in [6.07, 6.45) is 1.47. The zero-order chi connectivity index (χ0) is 18.5. The quantitative estimate of drug-likeness (QED) is 0.527. The summed E-state index contributed by atoms with van der Waals surface area (Å²) in [5, 5.41) is 0. The Bertz CT molecular complexity index is 688. The summed E-state index contributed by atoms with van der Waals surface area (Å²) in [6, 6.07) is 6.03. The second-order valence-corrected chi connectivity index (χ2v) is 8.00. The van der Waals surface area contributed by atoms with Crippen LogP contribution in [0.5, 0.6) is 0 Å². The molecule has 0 radical (unpaired) electrons. The maximum absolute atomic E-state index is 11.9. The Morgan fingerprint density at radius 1 is 1.25 bits per heavy atom. The first-order chi connectivity index (χ1) is 11.1. The summed E-state index contributed by atoms with van der Waals surface area (Å²) >= 11 is 0. The van der Waals surface area contributed by atoms with Gasteiger partial charge in [0.2, 0.25) is 15.9 Å². The molecular formula is C15H23N2O5PS. The predicted octanol–water partition coefficient (Wildman–Crippen LogP) is 1.20. The maximum Gasteiger partial charge on any atom is 0.323 e. The topological polar surface area (TPSA) is 84.0 Å². The van der Waals surface area contributed by atoms with E-state index in [4.69, 9.17) is 4.74 Å². The molecule has 0 N–H and O–H groups in total. The first-order valence-corrected chi connectivity index (χ1v) is 9.65. The van der Waals surface area contributed by atoms with Gasteiger partial charge in [-0.2, -0.15) is 0 Å². The van der Waals surface area contributed by atoms with Gasteiger partial charge in [-0.05, 0) is 31.2 Å². The highest BCUT2D eigenvalue weighted by Crippen LogP contribution is 2.21. The van der Waals surface area contributed by atoms with Crippen molar-refractivity contribution in [3.8, 4) is 0 Å². The highest BCUT2D eigenvalue weighted by molar-refractivity contribution is 7.92. The van der Waals surface area contributed by atoms with Crippen molar-refractivity contribution in [3.05, 3.63) is 29.8 Å². The average molecular weight is 374 g/mol. The SMILES string of the molecule is CCC(=O)N(c1ccc(C[C@@H](C(=O)OC)N(C)P)cc1)S(C)(=O)=O. The Morgan fingerprint density at radius 3 is 2.17 bits per heavy atom. The number of carbonyl (C=O) groups is 2. The molecule has 0 aliphatic rings. The summed E-state index contributed by atoms with van der Waals surface area (Å²) < 4.78 is 30.9. The van der Waals surface area contributed by atoms with Gasteiger partial charge in [-0.15, -0.1) is 0 Å². The summed E-state index contributed by atoms with van der Waals surface area (Å²) in [6.45, 7) is 1.60. The second-order valence-electron chi connectivity index (χ2n) is 5.35. The number of methoxy groups -OCH3 is 1. The molecule has 0 saturated heterocycles. The van der Waals surface area contributed by atoms with E-state index >= 15 is 0 Å². The van der Waals surface area contributed by atoms with Crippen molar-refractivity contribution in [1.82, 2.24) is 4.67 Å². The molecule has 1 amide bonds. The van der Waals surface area contributed by atoms with Crippen LogP contribution in [-0.4, -0.2) is 51.4 Å². The zero-order valence-corrected chi connectivity index (χ0v) is 16.2. The van der Waals surface area contributed by atoms with E-state index in [-0.39, 0.29) is 18.1 Å². The Balaban J connectivity index is 3.07. The molecule has 7 nitrogen and oxygen atoms in total. The normalized spacial score (nSPS) is 12.8. The molecule has 0 aromatic heterocycles. The first-order valence-electron chi connectivity index (χ1n) is 7.29. The summed E-state index contributed by atoms with van der Waals surface area (Å²) in [7, 11) is 1.80. The van der Waals surface area contributed by atoms with Gasteiger partial charge in [-0.3, -0.25) is 14.3 Å². The number of nitrogens with zero attached hydrogens (tertiary/aromatic N) is 2. The molecule has 9 heteroatoms. The van der Waals surface area contributed by atoms with Gasteiger partial charge in [-0.1, -0.05) is 28.4 Å². The van der Waals surface area contributed by atoms with E-state index in [1.807, 2.05) is 0 Å². The van der Waals surface area contributed by atoms with Gasteiger partial charge in [0, 0.05) is 6.42 Å². The second kappa shape index (κ2) is 8.55. The highest BCUT2D eigenvalue weighted by atomic mass is 32.2. The van der Waals surface area contributed by atoms with E-state index in [9.17, 15) is 18.0 Å². The molecular weight excluding hydrogens is 351 g/mol. The van der Waals surface area contributed by atoms with Crippen LogP contribution in [0.1, 0.15) is 18.9 Å². The molecule has 0 fully saturated rings. The van der Waals surface area contributed by atoms with Crippen LogP contribution in [0.3, 0.4) is 0 Å². The minimum Gasteiger partial charge on any atom is -0.468 e. The molecule has 1 rings (SSSR count). The fourth-order valence-corrected chi connectivity index (χ4v) is 3.42. The standard InChI is InChI=1S/C15H23N2O5PS/c1-5-14(18)17(24(4,20)21)12-8-6-11(7-9-12)10-13(16(2)23)15(19)22-3/h6-9,13H,5,10,23H2,1-4H3/t13-/m0/s1. The van der Waals surface area contributed by atoms with Crippen molar-refractivity contribution < 1.29 is 22.7 Å². The molecule has 1 unspecified atom stereocenters. The van der Waals surface area contributed by atoms with Crippen LogP contribution >= 0.6 is 9.39 Å². The summed E-state index contributed by atoms with van der Waals surface area (Å²) in [5.41, 5.74) is 1.10. The van der Waals surface area contributed by atoms with E-state index in [1.54, 1.807) is 42.9 Å². The summed E-state index contributed by atoms with van der Waals surface area (Å²) in [4.78, 5) is 23.7. The van der Waals surface area contributed by atoms with Crippen molar-refractivity contribution in [2.24, 2.45) is 0 Å². The van der Waals surface area contributed by atoms with E-state index in [1.165, 1.54) is 7.11 Å². The third-order valence-corrected chi connectivity index (χ3v) is 4.86. The van der Waals surface area contributed by atoms with Crippen LogP contribution in [0, 0.1) is 0 Å². The number of rotatable bonds is 7. The molecule has 1 aromatic rings. The van der Waals surface area contributed by atoms with Crippen LogP contribution in [0.2, 0.25) is 0 Å². The smallest absolute Gasteiger partial charge is 0.323 e. The molecule has 134 valence electrons. The number of hydrogen-bond acceptors (Lipinski definition) is 6. The zero-order valence-electron chi connectivity index (χ0n) is 14.2. The lowest BCUT2D eigenvalue weighted by Crippen LogP contribution is -2.36. The Morgan fingerprint density at radius 2 is 1.79 bits per heavy atom. The van der Waals surface area contributed by atoms with Crippen LogP contribution in [0.25, 0.3) is 0 Å². The number of ether oxygens (including phenoxy) is 1. The van der Waals surface area contributed by atoms with Gasteiger partial charge in [0.05, 0.1) is 19.1 Å². The Kier molecular flexibility index (Phi) is 7.32. The molecule has 0 aliphatic carbocycles. The molecule has 1 aromatic carbocycles. The van der Waals surface area contributed by atoms with Crippen LogP contribution in [0.15, 0.2) is 24.3 Å². The Labute approximate surface area is 145 Å². The number of sulfonamides is 1. The van der Waals surface area contributed by atoms with Gasteiger partial charge in [0.15, 0.2) is 0 Å². The van der Waals surface area contributed by atoms with Crippen molar-refractivity contribution in [3.63, 3.8) is 0 Å². The third kappa shape index (κ3) is 5.26. The minimum absolute atomic E-state index is 0.0804. The molecule has 0 saturated carbocycles. The lowest BCUT2D eigenvalue weighted by Gasteiger charge is -2.22. The number of likely N-dealkylation sites (N-methyl/N-ethyl adjacent to an activating group) is 1. The van der Waals surface area contributed by atoms with E-state index in [0.717, 1.165) is 16.1 Å². The van der Waals surface area contributed by atoms with Crippen LogP contribution in [-0.2, 0) is 30.8 Å². The molecule has 0 spiro atoms. The van der Waals surface area contributed by atoms with E-state index in [0.29, 0.717) is 6.42 Å². The Hall–Kier alpha value is -1.50.